The lowest BCUT2D eigenvalue weighted by Crippen LogP contribution is -2.37. The van der Waals surface area contributed by atoms with Crippen LogP contribution in [-0.4, -0.2) is 17.0 Å². The maximum absolute atomic E-state index is 8.50. The van der Waals surface area contributed by atoms with Crippen LogP contribution in [0, 0.1) is 11.3 Å². The van der Waals surface area contributed by atoms with Crippen LogP contribution >= 0.6 is 11.8 Å². The molecular formula is C8H12N3S+. The van der Waals surface area contributed by atoms with Crippen LogP contribution in [0.4, 0.5) is 0 Å². The lowest BCUT2D eigenvalue weighted by atomic mass is 10.4. The molecule has 0 saturated heterocycles. The van der Waals surface area contributed by atoms with E-state index in [-0.39, 0.29) is 0 Å². The lowest BCUT2D eigenvalue weighted by Gasteiger charge is -1.95. The molecule has 0 atom stereocenters. The van der Waals surface area contributed by atoms with Gasteiger partial charge in [0.2, 0.25) is 0 Å². The highest BCUT2D eigenvalue weighted by atomic mass is 32.2. The van der Waals surface area contributed by atoms with E-state index >= 15 is 0 Å². The van der Waals surface area contributed by atoms with Gasteiger partial charge in [0, 0.05) is 5.75 Å². The van der Waals surface area contributed by atoms with Gasteiger partial charge in [0.1, 0.15) is 18.8 Å². The zero-order chi connectivity index (χ0) is 8.81. The highest BCUT2D eigenvalue weighted by molar-refractivity contribution is 7.98. The summed E-state index contributed by atoms with van der Waals surface area (Å²) < 4.78 is 2.08. The van der Waals surface area contributed by atoms with E-state index in [1.807, 2.05) is 24.2 Å². The van der Waals surface area contributed by atoms with E-state index in [0.29, 0.717) is 6.42 Å². The molecule has 1 aromatic rings. The molecule has 1 aromatic heterocycles. The SMILES string of the molecule is CSCC[n+]1cc[nH]c1CC#N. The molecular weight excluding hydrogens is 170 g/mol. The molecule has 0 bridgehead atoms. The average molecular weight is 182 g/mol. The van der Waals surface area contributed by atoms with E-state index < -0.39 is 0 Å². The molecule has 1 heterocycles. The zero-order valence-corrected chi connectivity index (χ0v) is 7.90. The Bertz CT molecular complexity index is 274. The smallest absolute Gasteiger partial charge is 0.247 e. The van der Waals surface area contributed by atoms with Crippen LogP contribution < -0.4 is 4.57 Å². The number of nitrogens with one attached hydrogen (secondary N) is 1. The van der Waals surface area contributed by atoms with Crippen molar-refractivity contribution >= 4 is 11.8 Å². The van der Waals surface area contributed by atoms with Crippen molar-refractivity contribution in [2.45, 2.75) is 13.0 Å². The summed E-state index contributed by atoms with van der Waals surface area (Å²) in [5.41, 5.74) is 0. The van der Waals surface area contributed by atoms with Crippen molar-refractivity contribution in [1.82, 2.24) is 4.98 Å². The fourth-order valence-corrected chi connectivity index (χ4v) is 1.40. The molecule has 0 aromatic carbocycles. The minimum Gasteiger partial charge on any atom is -0.247 e. The minimum absolute atomic E-state index is 0.460. The van der Waals surface area contributed by atoms with Gasteiger partial charge >= 0.3 is 0 Å². The Kier molecular flexibility index (Phi) is 3.68. The number of nitrogens with zero attached hydrogens (tertiary/aromatic N) is 2. The van der Waals surface area contributed by atoms with Crippen molar-refractivity contribution in [2.75, 3.05) is 12.0 Å². The molecule has 0 fully saturated rings. The van der Waals surface area contributed by atoms with Gasteiger partial charge in [0.25, 0.3) is 5.82 Å². The standard InChI is InChI=1S/C8H11N3S/c1-12-7-6-11-5-4-10-8(11)2-3-9/h4-5H,2,6-7H2,1H3/p+1. The molecule has 0 radical (unpaired) electrons. The molecule has 0 amide bonds. The van der Waals surface area contributed by atoms with Crippen LogP contribution in [0.25, 0.3) is 0 Å². The first-order valence-corrected chi connectivity index (χ1v) is 5.19. The number of thioether (sulfide) groups is 1. The summed E-state index contributed by atoms with van der Waals surface area (Å²) in [4.78, 5) is 3.05. The van der Waals surface area contributed by atoms with Crippen molar-refractivity contribution in [2.24, 2.45) is 0 Å². The summed E-state index contributed by atoms with van der Waals surface area (Å²) in [6, 6.07) is 2.13. The molecule has 0 spiro atoms. The Balaban J connectivity index is 2.58. The topological polar surface area (TPSA) is 43.5 Å². The largest absolute Gasteiger partial charge is 0.268 e. The molecule has 0 aliphatic carbocycles. The quantitative estimate of drug-likeness (QED) is 0.698. The predicted molar refractivity (Wildman–Crippen MR) is 48.7 cm³/mol. The summed E-state index contributed by atoms with van der Waals surface area (Å²) in [5.74, 6) is 2.08. The Morgan fingerprint density at radius 2 is 2.58 bits per heavy atom. The fourth-order valence-electron chi connectivity index (χ4n) is 1.02. The number of imidazole rings is 1. The van der Waals surface area contributed by atoms with Crippen LogP contribution in [0.3, 0.4) is 0 Å². The molecule has 64 valence electrons. The summed E-state index contributed by atoms with van der Waals surface area (Å²) in [6.07, 6.45) is 6.38. The normalized spacial score (nSPS) is 9.67. The molecule has 1 N–H and O–H groups in total. The van der Waals surface area contributed by atoms with Crippen LogP contribution in [0.15, 0.2) is 12.4 Å². The van der Waals surface area contributed by atoms with Gasteiger partial charge in [-0.2, -0.15) is 17.0 Å². The predicted octanol–water partition coefficient (Wildman–Crippen LogP) is 0.731. The third-order valence-corrected chi connectivity index (χ3v) is 2.22. The molecule has 0 saturated carbocycles. The second kappa shape index (κ2) is 4.83. The van der Waals surface area contributed by atoms with Gasteiger partial charge in [0.15, 0.2) is 0 Å². The molecule has 0 aliphatic rings. The molecule has 4 heteroatoms. The first-order valence-electron chi connectivity index (χ1n) is 3.80. The average Bonchev–Trinajstić information content (AvgIpc) is 2.50. The lowest BCUT2D eigenvalue weighted by molar-refractivity contribution is -0.697. The molecule has 3 nitrogen and oxygen atoms in total. The maximum atomic E-state index is 8.50. The Morgan fingerprint density at radius 1 is 1.75 bits per heavy atom. The summed E-state index contributed by atoms with van der Waals surface area (Å²) in [6.45, 7) is 0.974. The van der Waals surface area contributed by atoms with E-state index in [9.17, 15) is 0 Å². The molecule has 0 unspecified atom stereocenters. The van der Waals surface area contributed by atoms with Gasteiger partial charge < -0.3 is 0 Å². The number of hydrogen-bond acceptors (Lipinski definition) is 2. The van der Waals surface area contributed by atoms with Crippen molar-refractivity contribution in [3.8, 4) is 6.07 Å². The van der Waals surface area contributed by atoms with Gasteiger partial charge in [-0.3, -0.25) is 0 Å². The van der Waals surface area contributed by atoms with Crippen LogP contribution in [0.1, 0.15) is 5.82 Å². The second-order valence-corrected chi connectivity index (χ2v) is 3.41. The highest BCUT2D eigenvalue weighted by Gasteiger charge is 2.07. The Hall–Kier alpha value is -0.950. The van der Waals surface area contributed by atoms with Gasteiger partial charge in [-0.15, -0.1) is 0 Å². The van der Waals surface area contributed by atoms with Crippen molar-refractivity contribution < 1.29 is 4.57 Å². The van der Waals surface area contributed by atoms with Crippen molar-refractivity contribution in [3.05, 3.63) is 18.2 Å². The van der Waals surface area contributed by atoms with E-state index in [0.717, 1.165) is 18.1 Å². The highest BCUT2D eigenvalue weighted by Crippen LogP contribution is 1.92. The number of aromatic nitrogens is 2. The van der Waals surface area contributed by atoms with Gasteiger partial charge in [0.05, 0.1) is 12.6 Å². The fraction of sp³-hybridized carbons (Fsp3) is 0.500. The van der Waals surface area contributed by atoms with Gasteiger partial charge in [-0.1, -0.05) is 0 Å². The zero-order valence-electron chi connectivity index (χ0n) is 7.08. The van der Waals surface area contributed by atoms with Crippen molar-refractivity contribution in [3.63, 3.8) is 0 Å². The van der Waals surface area contributed by atoms with Crippen LogP contribution in [-0.2, 0) is 13.0 Å². The van der Waals surface area contributed by atoms with Crippen LogP contribution in [0.5, 0.6) is 0 Å². The Morgan fingerprint density at radius 3 is 3.25 bits per heavy atom. The number of H-pyrrole nitrogens is 1. The molecule has 1 rings (SSSR count). The minimum atomic E-state index is 0.460. The van der Waals surface area contributed by atoms with E-state index in [1.165, 1.54) is 0 Å². The first kappa shape index (κ1) is 9.14. The number of aryl methyl sites for hydroxylation is 1. The number of aromatic amines is 1. The maximum Gasteiger partial charge on any atom is 0.268 e. The summed E-state index contributed by atoms with van der Waals surface area (Å²) in [7, 11) is 0. The van der Waals surface area contributed by atoms with E-state index in [4.69, 9.17) is 5.26 Å². The van der Waals surface area contributed by atoms with Gasteiger partial charge in [-0.05, 0) is 6.26 Å². The van der Waals surface area contributed by atoms with E-state index in [2.05, 4.69) is 21.9 Å². The van der Waals surface area contributed by atoms with Crippen LogP contribution in [0.2, 0.25) is 0 Å². The van der Waals surface area contributed by atoms with E-state index in [1.54, 1.807) is 0 Å². The molecule has 12 heavy (non-hydrogen) atoms. The second-order valence-electron chi connectivity index (χ2n) is 2.43. The number of nitriles is 1. The van der Waals surface area contributed by atoms with Crippen molar-refractivity contribution in [1.29, 1.82) is 5.26 Å². The van der Waals surface area contributed by atoms with Gasteiger partial charge in [-0.25, -0.2) is 9.55 Å². The number of hydrogen-bond donors (Lipinski definition) is 1. The first-order chi connectivity index (χ1) is 5.88. The summed E-state index contributed by atoms with van der Waals surface area (Å²) in [5, 5.41) is 8.50. The third kappa shape index (κ3) is 2.28. The monoisotopic (exact) mass is 182 g/mol. The third-order valence-electron chi connectivity index (χ3n) is 1.63. The Labute approximate surface area is 76.4 Å². The summed E-state index contributed by atoms with van der Waals surface area (Å²) >= 11 is 1.81. The number of rotatable bonds is 4. The molecule has 0 aliphatic heterocycles.